The highest BCUT2D eigenvalue weighted by Gasteiger charge is 2.10. The van der Waals surface area contributed by atoms with Crippen LogP contribution >= 0.6 is 11.6 Å². The Hall–Kier alpha value is -2.46. The fourth-order valence-corrected chi connectivity index (χ4v) is 2.61. The molecule has 1 amide bonds. The van der Waals surface area contributed by atoms with Gasteiger partial charge in [0, 0.05) is 28.7 Å². The normalized spacial score (nSPS) is 10.8. The Bertz CT molecular complexity index is 826. The summed E-state index contributed by atoms with van der Waals surface area (Å²) >= 11 is 5.96. The first-order valence-electron chi connectivity index (χ1n) is 6.97. The van der Waals surface area contributed by atoms with Crippen LogP contribution in [0.1, 0.15) is 15.9 Å². The first-order valence-corrected chi connectivity index (χ1v) is 7.34. The smallest absolute Gasteiger partial charge is 0.255 e. The van der Waals surface area contributed by atoms with Crippen molar-refractivity contribution in [2.24, 2.45) is 0 Å². The number of nitrogens with one attached hydrogen (secondary N) is 2. The molecule has 0 aliphatic rings. The summed E-state index contributed by atoms with van der Waals surface area (Å²) in [6.07, 6.45) is 2.62. The molecule has 0 spiro atoms. The number of benzene rings is 2. The third-order valence-corrected chi connectivity index (χ3v) is 3.79. The van der Waals surface area contributed by atoms with E-state index in [4.69, 9.17) is 11.6 Å². The van der Waals surface area contributed by atoms with Crippen molar-refractivity contribution in [2.45, 2.75) is 6.42 Å². The van der Waals surface area contributed by atoms with Crippen LogP contribution in [0.25, 0.3) is 10.9 Å². The van der Waals surface area contributed by atoms with Crippen molar-refractivity contribution < 1.29 is 9.90 Å². The molecule has 3 N–H and O–H groups in total. The molecule has 1 heterocycles. The summed E-state index contributed by atoms with van der Waals surface area (Å²) in [6, 6.07) is 12.2. The van der Waals surface area contributed by atoms with Crippen molar-refractivity contribution >= 4 is 28.4 Å². The van der Waals surface area contributed by atoms with Gasteiger partial charge in [0.05, 0.1) is 5.56 Å². The van der Waals surface area contributed by atoms with Crippen molar-refractivity contribution in [3.05, 3.63) is 64.8 Å². The van der Waals surface area contributed by atoms with Gasteiger partial charge in [0.15, 0.2) is 0 Å². The minimum absolute atomic E-state index is 0.0123. The predicted octanol–water partition coefficient (Wildman–Crippen LogP) is 3.50. The van der Waals surface area contributed by atoms with Gasteiger partial charge in [-0.2, -0.15) is 0 Å². The number of rotatable bonds is 4. The number of aromatic amines is 1. The number of hydrogen-bond acceptors (Lipinski definition) is 2. The first-order chi connectivity index (χ1) is 10.6. The summed E-state index contributed by atoms with van der Waals surface area (Å²) < 4.78 is 0. The Morgan fingerprint density at radius 1 is 1.23 bits per heavy atom. The van der Waals surface area contributed by atoms with Crippen molar-refractivity contribution in [1.82, 2.24) is 10.3 Å². The molecule has 2 aromatic carbocycles. The summed E-state index contributed by atoms with van der Waals surface area (Å²) in [6.45, 7) is 0.489. The molecule has 5 heteroatoms. The molecule has 0 fully saturated rings. The number of carbonyl (C=O) groups is 1. The second kappa shape index (κ2) is 6.12. The monoisotopic (exact) mass is 314 g/mol. The average Bonchev–Trinajstić information content (AvgIpc) is 2.90. The number of amides is 1. The summed E-state index contributed by atoms with van der Waals surface area (Å²) in [5, 5.41) is 14.3. The Kier molecular flexibility index (Phi) is 4.02. The van der Waals surface area contributed by atoms with Gasteiger partial charge in [-0.1, -0.05) is 29.8 Å². The second-order valence-electron chi connectivity index (χ2n) is 5.03. The van der Waals surface area contributed by atoms with Crippen molar-refractivity contribution in [3.63, 3.8) is 0 Å². The third kappa shape index (κ3) is 2.92. The molecule has 0 saturated heterocycles. The lowest BCUT2D eigenvalue weighted by Crippen LogP contribution is -2.25. The molecule has 1 aromatic heterocycles. The SMILES string of the molecule is O=C(NCCc1c[nH]c2cc(Cl)ccc12)c1ccccc1O. The zero-order valence-corrected chi connectivity index (χ0v) is 12.5. The number of carbonyl (C=O) groups excluding carboxylic acids is 1. The summed E-state index contributed by atoms with van der Waals surface area (Å²) in [5.41, 5.74) is 2.38. The highest BCUT2D eigenvalue weighted by Crippen LogP contribution is 2.22. The van der Waals surface area contributed by atoms with Gasteiger partial charge < -0.3 is 15.4 Å². The van der Waals surface area contributed by atoms with Gasteiger partial charge in [-0.25, -0.2) is 0 Å². The molecular formula is C17H15ClN2O2. The zero-order valence-electron chi connectivity index (χ0n) is 11.8. The summed E-state index contributed by atoms with van der Waals surface area (Å²) in [4.78, 5) is 15.2. The van der Waals surface area contributed by atoms with E-state index in [0.29, 0.717) is 18.0 Å². The maximum atomic E-state index is 12.0. The molecule has 22 heavy (non-hydrogen) atoms. The number of halogens is 1. The Morgan fingerprint density at radius 2 is 2.05 bits per heavy atom. The molecule has 0 bridgehead atoms. The van der Waals surface area contributed by atoms with Crippen LogP contribution in [0.2, 0.25) is 5.02 Å². The lowest BCUT2D eigenvalue weighted by molar-refractivity contribution is 0.0951. The minimum Gasteiger partial charge on any atom is -0.507 e. The van der Waals surface area contributed by atoms with E-state index < -0.39 is 0 Å². The van der Waals surface area contributed by atoms with Crippen LogP contribution < -0.4 is 5.32 Å². The van der Waals surface area contributed by atoms with Gasteiger partial charge in [0.2, 0.25) is 0 Å². The third-order valence-electron chi connectivity index (χ3n) is 3.56. The van der Waals surface area contributed by atoms with Crippen LogP contribution in [0.4, 0.5) is 0 Å². The summed E-state index contributed by atoms with van der Waals surface area (Å²) in [7, 11) is 0. The zero-order chi connectivity index (χ0) is 15.5. The molecule has 112 valence electrons. The van der Waals surface area contributed by atoms with E-state index in [1.165, 1.54) is 6.07 Å². The van der Waals surface area contributed by atoms with Crippen LogP contribution in [0.15, 0.2) is 48.7 Å². The van der Waals surface area contributed by atoms with E-state index in [2.05, 4.69) is 10.3 Å². The second-order valence-corrected chi connectivity index (χ2v) is 5.46. The number of para-hydroxylation sites is 1. The highest BCUT2D eigenvalue weighted by molar-refractivity contribution is 6.31. The fourth-order valence-electron chi connectivity index (χ4n) is 2.44. The Morgan fingerprint density at radius 3 is 2.86 bits per heavy atom. The van der Waals surface area contributed by atoms with Crippen LogP contribution in [0, 0.1) is 0 Å². The number of H-pyrrole nitrogens is 1. The van der Waals surface area contributed by atoms with E-state index >= 15 is 0 Å². The van der Waals surface area contributed by atoms with Crippen molar-refractivity contribution in [2.75, 3.05) is 6.54 Å². The van der Waals surface area contributed by atoms with Crippen LogP contribution in [0.5, 0.6) is 5.75 Å². The van der Waals surface area contributed by atoms with Crippen molar-refractivity contribution in [1.29, 1.82) is 0 Å². The first kappa shape index (κ1) is 14.5. The van der Waals surface area contributed by atoms with E-state index in [1.807, 2.05) is 24.4 Å². The number of fused-ring (bicyclic) bond motifs is 1. The largest absolute Gasteiger partial charge is 0.507 e. The minimum atomic E-state index is -0.277. The van der Waals surface area contributed by atoms with Gasteiger partial charge in [-0.05, 0) is 36.2 Å². The van der Waals surface area contributed by atoms with E-state index in [1.54, 1.807) is 18.2 Å². The lowest BCUT2D eigenvalue weighted by Gasteiger charge is -2.06. The standard InChI is InChI=1S/C17H15ClN2O2/c18-12-5-6-13-11(10-20-15(13)9-12)7-8-19-17(22)14-3-1-2-4-16(14)21/h1-6,9-10,20-21H,7-8H2,(H,19,22). The molecule has 0 aliphatic heterocycles. The number of phenols is 1. The fraction of sp³-hybridized carbons (Fsp3) is 0.118. The van der Waals surface area contributed by atoms with E-state index in [9.17, 15) is 9.90 Å². The van der Waals surface area contributed by atoms with E-state index in [-0.39, 0.29) is 17.2 Å². The molecule has 4 nitrogen and oxygen atoms in total. The van der Waals surface area contributed by atoms with Crippen LogP contribution in [-0.2, 0) is 6.42 Å². The summed E-state index contributed by atoms with van der Waals surface area (Å²) in [5.74, 6) is -0.289. The molecule has 0 atom stereocenters. The van der Waals surface area contributed by atoms with Gasteiger partial charge in [0.1, 0.15) is 5.75 Å². The molecule has 0 unspecified atom stereocenters. The van der Waals surface area contributed by atoms with Gasteiger partial charge >= 0.3 is 0 Å². The Labute approximate surface area is 132 Å². The average molecular weight is 315 g/mol. The van der Waals surface area contributed by atoms with Gasteiger partial charge in [-0.15, -0.1) is 0 Å². The maximum absolute atomic E-state index is 12.0. The predicted molar refractivity (Wildman–Crippen MR) is 87.5 cm³/mol. The van der Waals surface area contributed by atoms with E-state index in [0.717, 1.165) is 16.5 Å². The Balaban J connectivity index is 1.65. The molecule has 3 rings (SSSR count). The van der Waals surface area contributed by atoms with Gasteiger partial charge in [0.25, 0.3) is 5.91 Å². The molecule has 0 aliphatic carbocycles. The maximum Gasteiger partial charge on any atom is 0.255 e. The highest BCUT2D eigenvalue weighted by atomic mass is 35.5. The quantitative estimate of drug-likeness (QED) is 0.690. The number of phenolic OH excluding ortho intramolecular Hbond substituents is 1. The molecule has 0 radical (unpaired) electrons. The number of hydrogen-bond donors (Lipinski definition) is 3. The molecular weight excluding hydrogens is 300 g/mol. The number of aromatic nitrogens is 1. The molecule has 3 aromatic rings. The van der Waals surface area contributed by atoms with Crippen molar-refractivity contribution in [3.8, 4) is 5.75 Å². The van der Waals surface area contributed by atoms with Crippen LogP contribution in [-0.4, -0.2) is 22.5 Å². The topological polar surface area (TPSA) is 65.1 Å². The lowest BCUT2D eigenvalue weighted by atomic mass is 10.1. The number of aromatic hydroxyl groups is 1. The molecule has 0 saturated carbocycles. The van der Waals surface area contributed by atoms with Crippen LogP contribution in [0.3, 0.4) is 0 Å². The van der Waals surface area contributed by atoms with Gasteiger partial charge in [-0.3, -0.25) is 4.79 Å².